The van der Waals surface area contributed by atoms with E-state index in [1.54, 1.807) is 12.1 Å². The summed E-state index contributed by atoms with van der Waals surface area (Å²) in [5.74, 6) is 0. The third-order valence-electron chi connectivity index (χ3n) is 4.85. The van der Waals surface area contributed by atoms with Crippen LogP contribution in [0.1, 0.15) is 28.4 Å². The molecule has 0 aromatic heterocycles. The number of carbonyl (C=O) groups is 2. The lowest BCUT2D eigenvalue weighted by Crippen LogP contribution is -2.34. The van der Waals surface area contributed by atoms with Gasteiger partial charge in [-0.2, -0.15) is 0 Å². The maximum Gasteiger partial charge on any atom is 0.411 e. The van der Waals surface area contributed by atoms with Gasteiger partial charge in [-0.25, -0.2) is 26.4 Å². The fourth-order valence-corrected chi connectivity index (χ4v) is 4.24. The number of aldehydes is 1. The Morgan fingerprint density at radius 2 is 1.74 bits per heavy atom. The molecule has 0 unspecified atom stereocenters. The van der Waals surface area contributed by atoms with Crippen molar-refractivity contribution in [3.63, 3.8) is 0 Å². The van der Waals surface area contributed by atoms with E-state index in [2.05, 4.69) is 14.8 Å². The lowest BCUT2D eigenvalue weighted by molar-refractivity contribution is 0.112. The summed E-state index contributed by atoms with van der Waals surface area (Å²) in [4.78, 5) is 25.4. The summed E-state index contributed by atoms with van der Waals surface area (Å²) in [6.07, 6.45) is 1.90. The molecular formula is C22H30N4O7S2. The van der Waals surface area contributed by atoms with Crippen LogP contribution in [0.2, 0.25) is 0 Å². The Hall–Kier alpha value is -3.16. The highest BCUT2D eigenvalue weighted by molar-refractivity contribution is 7.92. The van der Waals surface area contributed by atoms with E-state index >= 15 is 0 Å². The van der Waals surface area contributed by atoms with Gasteiger partial charge in [0.2, 0.25) is 20.0 Å². The predicted molar refractivity (Wildman–Crippen MR) is 136 cm³/mol. The Balaban J connectivity index is 2.01. The smallest absolute Gasteiger partial charge is 0.411 e. The maximum atomic E-state index is 12.3. The van der Waals surface area contributed by atoms with Crippen molar-refractivity contribution in [2.45, 2.75) is 20.5 Å². The highest BCUT2D eigenvalue weighted by Gasteiger charge is 2.12. The number of benzene rings is 2. The lowest BCUT2D eigenvalue weighted by atomic mass is 10.1. The van der Waals surface area contributed by atoms with Crippen LogP contribution >= 0.6 is 0 Å². The van der Waals surface area contributed by atoms with E-state index in [1.165, 1.54) is 12.1 Å². The SMILES string of the molecule is CCN(CCNS(C)(=O)=O)c1ccc(NC(=O)OCc2ccc(C=O)c(NS(C)(=O)=O)c2)c(C)c1. The predicted octanol–water partition coefficient (Wildman–Crippen LogP) is 2.30. The number of rotatable bonds is 12. The monoisotopic (exact) mass is 526 g/mol. The Bertz CT molecular complexity index is 1280. The summed E-state index contributed by atoms with van der Waals surface area (Å²) in [7, 11) is -6.85. The van der Waals surface area contributed by atoms with Crippen LogP contribution in [-0.4, -0.2) is 61.4 Å². The zero-order valence-corrected chi connectivity index (χ0v) is 21.6. The van der Waals surface area contributed by atoms with Crippen molar-refractivity contribution >= 4 is 49.5 Å². The van der Waals surface area contributed by atoms with Gasteiger partial charge in [0.1, 0.15) is 6.61 Å². The van der Waals surface area contributed by atoms with Crippen LogP contribution in [0.3, 0.4) is 0 Å². The molecule has 35 heavy (non-hydrogen) atoms. The van der Waals surface area contributed by atoms with Gasteiger partial charge in [0.25, 0.3) is 0 Å². The van der Waals surface area contributed by atoms with E-state index in [0.717, 1.165) is 23.8 Å². The molecule has 0 heterocycles. The normalized spacial score (nSPS) is 11.5. The van der Waals surface area contributed by atoms with E-state index in [1.807, 2.05) is 30.9 Å². The van der Waals surface area contributed by atoms with E-state index < -0.39 is 26.1 Å². The number of carbonyl (C=O) groups excluding carboxylic acids is 2. The zero-order valence-electron chi connectivity index (χ0n) is 20.0. The van der Waals surface area contributed by atoms with Gasteiger partial charge < -0.3 is 9.64 Å². The van der Waals surface area contributed by atoms with Crippen molar-refractivity contribution < 1.29 is 31.2 Å². The van der Waals surface area contributed by atoms with Crippen molar-refractivity contribution in [1.82, 2.24) is 4.72 Å². The first-order chi connectivity index (χ1) is 16.3. The molecule has 2 aromatic rings. The largest absolute Gasteiger partial charge is 0.444 e. The number of aryl methyl sites for hydroxylation is 1. The minimum absolute atomic E-state index is 0.0997. The Labute approximate surface area is 206 Å². The van der Waals surface area contributed by atoms with Crippen LogP contribution in [0.5, 0.6) is 0 Å². The number of nitrogens with zero attached hydrogens (tertiary/aromatic N) is 1. The summed E-state index contributed by atoms with van der Waals surface area (Å²) < 4.78 is 55.5. The second kappa shape index (κ2) is 12.0. The molecule has 3 N–H and O–H groups in total. The number of sulfonamides is 2. The molecule has 0 saturated carbocycles. The lowest BCUT2D eigenvalue weighted by Gasteiger charge is -2.24. The van der Waals surface area contributed by atoms with Crippen LogP contribution in [0.15, 0.2) is 36.4 Å². The second-order valence-corrected chi connectivity index (χ2v) is 11.4. The molecule has 1 amide bonds. The molecule has 192 valence electrons. The molecule has 0 fully saturated rings. The van der Waals surface area contributed by atoms with Gasteiger partial charge in [0.05, 0.1) is 18.2 Å². The first-order valence-corrected chi connectivity index (χ1v) is 14.4. The molecular weight excluding hydrogens is 496 g/mol. The summed E-state index contributed by atoms with van der Waals surface area (Å²) >= 11 is 0. The molecule has 0 radical (unpaired) electrons. The average molecular weight is 527 g/mol. The van der Waals surface area contributed by atoms with E-state index in [9.17, 15) is 26.4 Å². The highest BCUT2D eigenvalue weighted by Crippen LogP contribution is 2.23. The van der Waals surface area contributed by atoms with Gasteiger partial charge in [-0.1, -0.05) is 6.07 Å². The summed E-state index contributed by atoms with van der Waals surface area (Å²) in [5, 5.41) is 2.66. The Morgan fingerprint density at radius 3 is 2.31 bits per heavy atom. The molecule has 0 atom stereocenters. The summed E-state index contributed by atoms with van der Waals surface area (Å²) in [6.45, 7) is 5.06. The topological polar surface area (TPSA) is 151 Å². The third kappa shape index (κ3) is 9.54. The van der Waals surface area contributed by atoms with Gasteiger partial charge in [-0.05, 0) is 55.3 Å². The minimum atomic E-state index is -3.59. The molecule has 2 aromatic carbocycles. The van der Waals surface area contributed by atoms with Gasteiger partial charge in [0, 0.05) is 36.6 Å². The molecule has 0 aliphatic carbocycles. The molecule has 13 heteroatoms. The van der Waals surface area contributed by atoms with Crippen LogP contribution in [0.4, 0.5) is 21.9 Å². The van der Waals surface area contributed by atoms with Crippen LogP contribution < -0.4 is 19.7 Å². The van der Waals surface area contributed by atoms with Crippen molar-refractivity contribution in [3.05, 3.63) is 53.1 Å². The first kappa shape index (κ1) is 28.1. The van der Waals surface area contributed by atoms with Crippen molar-refractivity contribution in [2.24, 2.45) is 0 Å². The number of hydrogen-bond acceptors (Lipinski definition) is 8. The number of nitrogens with one attached hydrogen (secondary N) is 3. The van der Waals surface area contributed by atoms with Crippen LogP contribution in [0.25, 0.3) is 0 Å². The zero-order chi connectivity index (χ0) is 26.2. The van der Waals surface area contributed by atoms with Crippen molar-refractivity contribution in [1.29, 1.82) is 0 Å². The summed E-state index contributed by atoms with van der Waals surface area (Å²) in [6, 6.07) is 9.84. The van der Waals surface area contributed by atoms with Gasteiger partial charge in [0.15, 0.2) is 6.29 Å². The Kier molecular flexibility index (Phi) is 9.63. The van der Waals surface area contributed by atoms with E-state index in [0.29, 0.717) is 30.6 Å². The standard InChI is InChI=1S/C22H30N4O7S2/c1-5-26(11-10-23-34(3,29)30)19-8-9-20(16(2)12-19)24-22(28)33-15-17-6-7-18(14-27)21(13-17)25-35(4,31)32/h6-9,12-14,23,25H,5,10-11,15H2,1-4H3,(H,24,28). The molecule has 11 nitrogen and oxygen atoms in total. The van der Waals surface area contributed by atoms with Crippen LogP contribution in [-0.2, 0) is 31.4 Å². The molecule has 0 saturated heterocycles. The minimum Gasteiger partial charge on any atom is -0.444 e. The van der Waals surface area contributed by atoms with Crippen LogP contribution in [0, 0.1) is 6.92 Å². The molecule has 0 aliphatic heterocycles. The number of amides is 1. The second-order valence-electron chi connectivity index (χ2n) is 7.86. The van der Waals surface area contributed by atoms with Gasteiger partial charge >= 0.3 is 6.09 Å². The molecule has 0 bridgehead atoms. The maximum absolute atomic E-state index is 12.3. The molecule has 2 rings (SSSR count). The number of likely N-dealkylation sites (N-methyl/N-ethyl adjacent to an activating group) is 1. The number of ether oxygens (including phenoxy) is 1. The van der Waals surface area contributed by atoms with Crippen molar-refractivity contribution in [2.75, 3.05) is 47.1 Å². The molecule has 0 aliphatic rings. The first-order valence-electron chi connectivity index (χ1n) is 10.6. The molecule has 0 spiro atoms. The van der Waals surface area contributed by atoms with E-state index in [4.69, 9.17) is 4.74 Å². The van der Waals surface area contributed by atoms with E-state index in [-0.39, 0.29) is 24.4 Å². The fourth-order valence-electron chi connectivity index (χ4n) is 3.20. The summed E-state index contributed by atoms with van der Waals surface area (Å²) in [5.41, 5.74) is 2.95. The van der Waals surface area contributed by atoms with Gasteiger partial charge in [-0.15, -0.1) is 0 Å². The van der Waals surface area contributed by atoms with Crippen molar-refractivity contribution in [3.8, 4) is 0 Å². The quantitative estimate of drug-likeness (QED) is 0.357. The Morgan fingerprint density at radius 1 is 1.03 bits per heavy atom. The average Bonchev–Trinajstić information content (AvgIpc) is 2.75. The highest BCUT2D eigenvalue weighted by atomic mass is 32.2. The number of hydrogen-bond donors (Lipinski definition) is 3. The fraction of sp³-hybridized carbons (Fsp3) is 0.364. The van der Waals surface area contributed by atoms with Gasteiger partial charge in [-0.3, -0.25) is 14.8 Å². The number of anilines is 3. The third-order valence-corrected chi connectivity index (χ3v) is 6.17.